The van der Waals surface area contributed by atoms with Crippen LogP contribution >= 0.6 is 27.3 Å². The second kappa shape index (κ2) is 7.32. The van der Waals surface area contributed by atoms with Crippen molar-refractivity contribution in [2.45, 2.75) is 6.92 Å². The first-order chi connectivity index (χ1) is 13.9. The minimum absolute atomic E-state index is 0.0238. The van der Waals surface area contributed by atoms with E-state index in [9.17, 15) is 20.0 Å². The van der Waals surface area contributed by atoms with Crippen molar-refractivity contribution in [1.82, 2.24) is 4.98 Å². The number of carbonyl (C=O) groups is 1. The van der Waals surface area contributed by atoms with Gasteiger partial charge in [0, 0.05) is 11.1 Å². The van der Waals surface area contributed by atoms with Crippen LogP contribution in [0.15, 0.2) is 57.1 Å². The van der Waals surface area contributed by atoms with Crippen LogP contribution in [0.1, 0.15) is 22.8 Å². The number of fused-ring (bicyclic) bond motifs is 1. The zero-order valence-electron chi connectivity index (χ0n) is 15.1. The quantitative estimate of drug-likeness (QED) is 0.393. The fourth-order valence-corrected chi connectivity index (χ4v) is 5.06. The summed E-state index contributed by atoms with van der Waals surface area (Å²) in [5, 5.41) is 20.1. The first-order valence-electron chi connectivity index (χ1n) is 8.60. The second-order valence-electron chi connectivity index (χ2n) is 6.46. The zero-order valence-corrected chi connectivity index (χ0v) is 17.5. The molecule has 0 aliphatic heterocycles. The molecule has 0 atom stereocenters. The van der Waals surface area contributed by atoms with Crippen LogP contribution in [-0.4, -0.2) is 15.9 Å². The smallest absolute Gasteiger partial charge is 0.270 e. The number of hydrogen-bond donors (Lipinski definition) is 2. The Hall–Kier alpha value is -3.21. The summed E-state index contributed by atoms with van der Waals surface area (Å²) in [5.74, 6) is -0.289. The Balaban J connectivity index is 1.81. The minimum atomic E-state index is -0.609. The summed E-state index contributed by atoms with van der Waals surface area (Å²) in [5.41, 5.74) is 3.27. The Morgan fingerprint density at radius 3 is 2.17 bits per heavy atom. The number of aromatic hydroxyl groups is 1. The van der Waals surface area contributed by atoms with Gasteiger partial charge >= 0.3 is 0 Å². The van der Waals surface area contributed by atoms with Gasteiger partial charge in [-0.3, -0.25) is 9.59 Å². The average Bonchev–Trinajstić information content (AvgIpc) is 3.04. The Kier molecular flexibility index (Phi) is 4.82. The summed E-state index contributed by atoms with van der Waals surface area (Å²) in [6.07, 6.45) is 0. The molecule has 142 valence electrons. The fourth-order valence-electron chi connectivity index (χ4n) is 3.20. The van der Waals surface area contributed by atoms with Crippen LogP contribution in [0.4, 0.5) is 0 Å². The minimum Gasteiger partial charge on any atom is -0.506 e. The third-order valence-corrected chi connectivity index (χ3v) is 6.48. The van der Waals surface area contributed by atoms with E-state index in [2.05, 4.69) is 20.9 Å². The number of aromatic amines is 1. The monoisotopic (exact) mass is 464 g/mol. The lowest BCUT2D eigenvalue weighted by molar-refractivity contribution is 0.101. The number of halogens is 1. The number of nitrogens with one attached hydrogen (secondary N) is 1. The van der Waals surface area contributed by atoms with Crippen molar-refractivity contribution in [2.24, 2.45) is 0 Å². The molecule has 2 N–H and O–H groups in total. The number of hydrogen-bond acceptors (Lipinski definition) is 5. The average molecular weight is 465 g/mol. The van der Waals surface area contributed by atoms with Crippen LogP contribution in [-0.2, 0) is 0 Å². The second-order valence-corrected chi connectivity index (χ2v) is 8.79. The molecule has 0 radical (unpaired) electrons. The molecule has 0 unspecified atom stereocenters. The Morgan fingerprint density at radius 1 is 1.07 bits per heavy atom. The van der Waals surface area contributed by atoms with Crippen LogP contribution in [0.2, 0.25) is 0 Å². The van der Waals surface area contributed by atoms with Gasteiger partial charge in [-0.05, 0) is 39.5 Å². The van der Waals surface area contributed by atoms with Crippen LogP contribution in [0.3, 0.4) is 0 Å². The molecule has 0 saturated heterocycles. The van der Waals surface area contributed by atoms with Gasteiger partial charge in [-0.1, -0.05) is 48.5 Å². The largest absolute Gasteiger partial charge is 0.506 e. The van der Waals surface area contributed by atoms with Gasteiger partial charge in [0.05, 0.1) is 9.17 Å². The summed E-state index contributed by atoms with van der Waals surface area (Å²) in [7, 11) is 0. The molecule has 4 aromatic rings. The van der Waals surface area contributed by atoms with Gasteiger partial charge in [-0.25, -0.2) is 0 Å². The molecule has 2 aromatic heterocycles. The molecule has 0 aliphatic carbocycles. The van der Waals surface area contributed by atoms with Gasteiger partial charge in [0.1, 0.15) is 16.6 Å². The van der Waals surface area contributed by atoms with Gasteiger partial charge in [-0.2, -0.15) is 5.26 Å². The van der Waals surface area contributed by atoms with Crippen LogP contribution in [0.5, 0.6) is 5.75 Å². The maximum atomic E-state index is 11.9. The molecular weight excluding hydrogens is 452 g/mol. The molecular formula is C22H13BrN2O3S. The summed E-state index contributed by atoms with van der Waals surface area (Å²) in [6, 6.07) is 16.9. The molecule has 0 amide bonds. The number of thiophene rings is 1. The predicted octanol–water partition coefficient (Wildman–Crippen LogP) is 5.47. The summed E-state index contributed by atoms with van der Waals surface area (Å²) < 4.78 is 0.743. The zero-order chi connectivity index (χ0) is 20.7. The van der Waals surface area contributed by atoms with Crippen molar-refractivity contribution in [2.75, 3.05) is 0 Å². The highest BCUT2D eigenvalue weighted by Gasteiger charge is 2.20. The maximum Gasteiger partial charge on any atom is 0.270 e. The third kappa shape index (κ3) is 3.27. The summed E-state index contributed by atoms with van der Waals surface area (Å²) in [4.78, 5) is 26.5. The Bertz CT molecular complexity index is 1360. The van der Waals surface area contributed by atoms with E-state index < -0.39 is 5.56 Å². The van der Waals surface area contributed by atoms with Crippen molar-refractivity contribution >= 4 is 43.3 Å². The van der Waals surface area contributed by atoms with E-state index in [0.29, 0.717) is 21.3 Å². The number of rotatable bonds is 3. The number of ketones is 1. The first kappa shape index (κ1) is 19.1. The van der Waals surface area contributed by atoms with Gasteiger partial charge in [0.25, 0.3) is 5.56 Å². The SMILES string of the molecule is CC(=O)c1ccc(-c2ccc(-c3c(Br)sc4[nH]c(=O)c(C#N)c(O)c34)cc2)cc1. The van der Waals surface area contributed by atoms with Gasteiger partial charge in [-0.15, -0.1) is 11.3 Å². The highest BCUT2D eigenvalue weighted by molar-refractivity contribution is 9.11. The lowest BCUT2D eigenvalue weighted by Crippen LogP contribution is -2.09. The number of Topliss-reactive ketones (excluding diaryl/α,β-unsaturated/α-hetero) is 1. The standard InChI is InChI=1S/C22H13BrN2O3S/c1-11(26)12-2-4-13(5-3-12)14-6-8-15(9-7-14)17-18-19(27)16(10-24)21(28)25-22(18)29-20(17)23/h2-9H,1H3,(H2,25,27,28). The van der Waals surface area contributed by atoms with E-state index in [4.69, 9.17) is 0 Å². The van der Waals surface area contributed by atoms with Crippen LogP contribution < -0.4 is 5.56 Å². The highest BCUT2D eigenvalue weighted by atomic mass is 79.9. The number of pyridine rings is 1. The molecule has 7 heteroatoms. The highest BCUT2D eigenvalue weighted by Crippen LogP contribution is 2.45. The van der Waals surface area contributed by atoms with Crippen molar-refractivity contribution in [3.8, 4) is 34.1 Å². The van der Waals surface area contributed by atoms with Crippen molar-refractivity contribution < 1.29 is 9.90 Å². The first-order valence-corrected chi connectivity index (χ1v) is 10.2. The number of benzene rings is 2. The number of aromatic nitrogens is 1. The van der Waals surface area contributed by atoms with Gasteiger partial charge < -0.3 is 10.1 Å². The maximum absolute atomic E-state index is 11.9. The topological polar surface area (TPSA) is 94.0 Å². The molecule has 0 bridgehead atoms. The molecule has 4 rings (SSSR count). The van der Waals surface area contributed by atoms with Crippen LogP contribution in [0.25, 0.3) is 32.5 Å². The molecule has 29 heavy (non-hydrogen) atoms. The van der Waals surface area contributed by atoms with E-state index in [1.807, 2.05) is 36.4 Å². The molecule has 0 saturated carbocycles. The van der Waals surface area contributed by atoms with E-state index >= 15 is 0 Å². The van der Waals surface area contributed by atoms with E-state index in [1.54, 1.807) is 18.2 Å². The molecule has 0 fully saturated rings. The van der Waals surface area contributed by atoms with Crippen molar-refractivity contribution in [1.29, 1.82) is 5.26 Å². The summed E-state index contributed by atoms with van der Waals surface area (Å²) >= 11 is 4.79. The third-order valence-electron chi connectivity index (χ3n) is 4.70. The fraction of sp³-hybridized carbons (Fsp3) is 0.0455. The summed E-state index contributed by atoms with van der Waals surface area (Å²) in [6.45, 7) is 1.53. The van der Waals surface area contributed by atoms with Crippen molar-refractivity contribution in [3.63, 3.8) is 0 Å². The Morgan fingerprint density at radius 2 is 1.62 bits per heavy atom. The lowest BCUT2D eigenvalue weighted by atomic mass is 9.98. The number of nitriles is 1. The number of H-pyrrole nitrogens is 1. The number of carbonyl (C=O) groups excluding carboxylic acids is 1. The molecule has 5 nitrogen and oxygen atoms in total. The predicted molar refractivity (Wildman–Crippen MR) is 117 cm³/mol. The number of nitrogens with zero attached hydrogens (tertiary/aromatic N) is 1. The van der Waals surface area contributed by atoms with Gasteiger partial charge in [0.15, 0.2) is 11.3 Å². The Labute approximate surface area is 178 Å². The van der Waals surface area contributed by atoms with Crippen LogP contribution in [0, 0.1) is 11.3 Å². The van der Waals surface area contributed by atoms with Gasteiger partial charge in [0.2, 0.25) is 0 Å². The normalized spacial score (nSPS) is 10.8. The van der Waals surface area contributed by atoms with Crippen molar-refractivity contribution in [3.05, 3.63) is 73.8 Å². The van der Waals surface area contributed by atoms with E-state index in [0.717, 1.165) is 20.5 Å². The molecule has 2 aromatic carbocycles. The lowest BCUT2D eigenvalue weighted by Gasteiger charge is -2.07. The molecule has 2 heterocycles. The van der Waals surface area contributed by atoms with E-state index in [1.165, 1.54) is 18.3 Å². The molecule has 0 spiro atoms. The van der Waals surface area contributed by atoms with E-state index in [-0.39, 0.29) is 17.1 Å². The molecule has 0 aliphatic rings.